The molecule has 2 nitrogen and oxygen atoms in total. The first kappa shape index (κ1) is 14.1. The van der Waals surface area contributed by atoms with E-state index in [0.717, 1.165) is 32.4 Å². The highest BCUT2D eigenvalue weighted by Crippen LogP contribution is 2.20. The van der Waals surface area contributed by atoms with Crippen molar-refractivity contribution in [3.63, 3.8) is 0 Å². The Morgan fingerprint density at radius 3 is 2.63 bits per heavy atom. The number of hydrogen-bond acceptors (Lipinski definition) is 1. The Bertz CT molecular complexity index is 607. The topological polar surface area (TPSA) is 29.1 Å². The molecule has 0 aliphatic carbocycles. The SMILES string of the molecule is CCc1ccccc1NC(=O)c1cccc(C)c1I. The lowest BCUT2D eigenvalue weighted by molar-refractivity contribution is 0.102. The molecule has 0 radical (unpaired) electrons. The zero-order valence-electron chi connectivity index (χ0n) is 11.0. The highest BCUT2D eigenvalue weighted by Gasteiger charge is 2.12. The van der Waals surface area contributed by atoms with Gasteiger partial charge in [-0.3, -0.25) is 4.79 Å². The van der Waals surface area contributed by atoms with Gasteiger partial charge in [0.1, 0.15) is 0 Å². The van der Waals surface area contributed by atoms with Crippen LogP contribution in [0.1, 0.15) is 28.4 Å². The van der Waals surface area contributed by atoms with Crippen molar-refractivity contribution in [3.8, 4) is 0 Å². The summed E-state index contributed by atoms with van der Waals surface area (Å²) < 4.78 is 1.01. The first-order valence-corrected chi connectivity index (χ1v) is 7.35. The van der Waals surface area contributed by atoms with E-state index in [2.05, 4.69) is 34.8 Å². The summed E-state index contributed by atoms with van der Waals surface area (Å²) in [5.41, 5.74) is 3.90. The minimum absolute atomic E-state index is 0.0472. The molecule has 0 fully saturated rings. The van der Waals surface area contributed by atoms with Crippen LogP contribution in [0.5, 0.6) is 0 Å². The molecule has 2 aromatic rings. The summed E-state index contributed by atoms with van der Waals surface area (Å²) in [6.07, 6.45) is 0.904. The lowest BCUT2D eigenvalue weighted by Gasteiger charge is -2.11. The average molecular weight is 365 g/mol. The molecule has 1 amide bonds. The molecule has 3 heteroatoms. The molecular weight excluding hydrogens is 349 g/mol. The summed E-state index contributed by atoms with van der Waals surface area (Å²) in [5.74, 6) is -0.0472. The number of para-hydroxylation sites is 1. The van der Waals surface area contributed by atoms with Crippen molar-refractivity contribution < 1.29 is 4.79 Å². The number of rotatable bonds is 3. The van der Waals surface area contributed by atoms with Crippen molar-refractivity contribution in [2.75, 3.05) is 5.32 Å². The minimum atomic E-state index is -0.0472. The molecule has 19 heavy (non-hydrogen) atoms. The molecular formula is C16H16INO. The van der Waals surface area contributed by atoms with Gasteiger partial charge in [0.25, 0.3) is 5.91 Å². The van der Waals surface area contributed by atoms with E-state index < -0.39 is 0 Å². The maximum atomic E-state index is 12.3. The van der Waals surface area contributed by atoms with E-state index in [1.807, 2.05) is 49.4 Å². The number of halogens is 1. The van der Waals surface area contributed by atoms with Gasteiger partial charge in [-0.2, -0.15) is 0 Å². The highest BCUT2D eigenvalue weighted by molar-refractivity contribution is 14.1. The summed E-state index contributed by atoms with van der Waals surface area (Å²) in [6, 6.07) is 13.7. The van der Waals surface area contributed by atoms with Crippen LogP contribution in [0.2, 0.25) is 0 Å². The molecule has 0 heterocycles. The van der Waals surface area contributed by atoms with E-state index in [1.54, 1.807) is 0 Å². The summed E-state index contributed by atoms with van der Waals surface area (Å²) in [7, 11) is 0. The molecule has 0 atom stereocenters. The molecule has 0 bridgehead atoms. The summed E-state index contributed by atoms with van der Waals surface area (Å²) >= 11 is 2.22. The van der Waals surface area contributed by atoms with Crippen LogP contribution < -0.4 is 5.32 Å². The van der Waals surface area contributed by atoms with E-state index in [0.29, 0.717) is 0 Å². The maximum Gasteiger partial charge on any atom is 0.256 e. The summed E-state index contributed by atoms with van der Waals surface area (Å²) in [6.45, 7) is 4.10. The normalized spacial score (nSPS) is 10.3. The van der Waals surface area contributed by atoms with Crippen molar-refractivity contribution in [2.45, 2.75) is 20.3 Å². The van der Waals surface area contributed by atoms with E-state index in [9.17, 15) is 4.79 Å². The zero-order valence-corrected chi connectivity index (χ0v) is 13.2. The molecule has 0 unspecified atom stereocenters. The van der Waals surface area contributed by atoms with Crippen molar-refractivity contribution in [2.24, 2.45) is 0 Å². The standard InChI is InChI=1S/C16H16INO/c1-3-12-8-4-5-10-14(12)18-16(19)13-9-6-7-11(2)15(13)17/h4-10H,3H2,1-2H3,(H,18,19). The lowest BCUT2D eigenvalue weighted by Crippen LogP contribution is -2.15. The fourth-order valence-corrected chi connectivity index (χ4v) is 2.57. The Hall–Kier alpha value is -1.36. The van der Waals surface area contributed by atoms with Crippen LogP contribution >= 0.6 is 22.6 Å². The van der Waals surface area contributed by atoms with E-state index in [1.165, 1.54) is 0 Å². The lowest BCUT2D eigenvalue weighted by atomic mass is 10.1. The van der Waals surface area contributed by atoms with Crippen LogP contribution in [0.3, 0.4) is 0 Å². The number of carbonyl (C=O) groups excluding carboxylic acids is 1. The quantitative estimate of drug-likeness (QED) is 0.802. The number of aryl methyl sites for hydroxylation is 2. The number of amides is 1. The van der Waals surface area contributed by atoms with Crippen LogP contribution in [-0.4, -0.2) is 5.91 Å². The second kappa shape index (κ2) is 6.19. The largest absolute Gasteiger partial charge is 0.322 e. The van der Waals surface area contributed by atoms with Crippen molar-refractivity contribution >= 4 is 34.2 Å². The third kappa shape index (κ3) is 3.15. The predicted octanol–water partition coefficient (Wildman–Crippen LogP) is 4.41. The molecule has 0 aromatic heterocycles. The van der Waals surface area contributed by atoms with Gasteiger partial charge in [-0.1, -0.05) is 37.3 Å². The third-order valence-electron chi connectivity index (χ3n) is 3.08. The van der Waals surface area contributed by atoms with E-state index in [-0.39, 0.29) is 5.91 Å². The van der Waals surface area contributed by atoms with Gasteiger partial charge in [0.15, 0.2) is 0 Å². The van der Waals surface area contributed by atoms with Crippen LogP contribution in [0.25, 0.3) is 0 Å². The van der Waals surface area contributed by atoms with Crippen LogP contribution in [-0.2, 0) is 6.42 Å². The molecule has 1 N–H and O–H groups in total. The van der Waals surface area contributed by atoms with Crippen molar-refractivity contribution in [1.82, 2.24) is 0 Å². The molecule has 0 saturated heterocycles. The van der Waals surface area contributed by atoms with Crippen molar-refractivity contribution in [3.05, 3.63) is 62.7 Å². The monoisotopic (exact) mass is 365 g/mol. The van der Waals surface area contributed by atoms with E-state index >= 15 is 0 Å². The molecule has 2 aromatic carbocycles. The number of nitrogens with one attached hydrogen (secondary N) is 1. The highest BCUT2D eigenvalue weighted by atomic mass is 127. The molecule has 0 aliphatic rings. The van der Waals surface area contributed by atoms with Crippen LogP contribution in [0.15, 0.2) is 42.5 Å². The van der Waals surface area contributed by atoms with Gasteiger partial charge >= 0.3 is 0 Å². The maximum absolute atomic E-state index is 12.3. The van der Waals surface area contributed by atoms with Gasteiger partial charge in [-0.05, 0) is 59.2 Å². The number of hydrogen-bond donors (Lipinski definition) is 1. The molecule has 0 saturated carbocycles. The van der Waals surface area contributed by atoms with Crippen LogP contribution in [0.4, 0.5) is 5.69 Å². The Morgan fingerprint density at radius 2 is 1.89 bits per heavy atom. The summed E-state index contributed by atoms with van der Waals surface area (Å²) in [4.78, 5) is 12.3. The smallest absolute Gasteiger partial charge is 0.256 e. The Kier molecular flexibility index (Phi) is 4.58. The van der Waals surface area contributed by atoms with Gasteiger partial charge in [0.05, 0.1) is 5.56 Å². The minimum Gasteiger partial charge on any atom is -0.322 e. The molecule has 0 aliphatic heterocycles. The number of carbonyl (C=O) groups is 1. The fourth-order valence-electron chi connectivity index (χ4n) is 1.96. The summed E-state index contributed by atoms with van der Waals surface area (Å²) in [5, 5.41) is 3.00. The zero-order chi connectivity index (χ0) is 13.8. The van der Waals surface area contributed by atoms with Gasteiger partial charge in [0.2, 0.25) is 0 Å². The molecule has 0 spiro atoms. The van der Waals surface area contributed by atoms with Crippen LogP contribution in [0, 0.1) is 10.5 Å². The second-order valence-electron chi connectivity index (χ2n) is 4.40. The van der Waals surface area contributed by atoms with Gasteiger partial charge in [-0.25, -0.2) is 0 Å². The van der Waals surface area contributed by atoms with Gasteiger partial charge < -0.3 is 5.32 Å². The van der Waals surface area contributed by atoms with E-state index in [4.69, 9.17) is 0 Å². The Morgan fingerprint density at radius 1 is 1.16 bits per heavy atom. The molecule has 2 rings (SSSR count). The van der Waals surface area contributed by atoms with Crippen molar-refractivity contribution in [1.29, 1.82) is 0 Å². The fraction of sp³-hybridized carbons (Fsp3) is 0.188. The third-order valence-corrected chi connectivity index (χ3v) is 4.51. The van der Waals surface area contributed by atoms with Gasteiger partial charge in [-0.15, -0.1) is 0 Å². The second-order valence-corrected chi connectivity index (χ2v) is 5.48. The Labute approximate surface area is 127 Å². The van der Waals surface area contributed by atoms with Gasteiger partial charge in [0, 0.05) is 9.26 Å². The Balaban J connectivity index is 2.28. The molecule has 98 valence electrons. The first-order chi connectivity index (χ1) is 9.13. The number of benzene rings is 2. The number of anilines is 1. The first-order valence-electron chi connectivity index (χ1n) is 6.28. The predicted molar refractivity (Wildman–Crippen MR) is 87.7 cm³/mol. The average Bonchev–Trinajstić information content (AvgIpc) is 2.42.